The summed E-state index contributed by atoms with van der Waals surface area (Å²) in [7, 11) is 0. The highest BCUT2D eigenvalue weighted by molar-refractivity contribution is 6.00. The molecular weight excluding hydrogens is 318 g/mol. The van der Waals surface area contributed by atoms with E-state index < -0.39 is 0 Å². The molecule has 3 aromatic rings. The maximum Gasteiger partial charge on any atom is 0.258 e. The number of hydrazine groups is 1. The number of benzene rings is 1. The van der Waals surface area contributed by atoms with Crippen LogP contribution in [0.5, 0.6) is 0 Å². The molecule has 1 saturated heterocycles. The number of carbonyl (C=O) groups excluding carboxylic acids is 1. The van der Waals surface area contributed by atoms with Crippen molar-refractivity contribution in [1.82, 2.24) is 21.3 Å². The van der Waals surface area contributed by atoms with Crippen LogP contribution in [0.2, 0.25) is 0 Å². The summed E-state index contributed by atoms with van der Waals surface area (Å²) >= 11 is 0. The second kappa shape index (κ2) is 6.54. The molecule has 1 aliphatic rings. The number of para-hydroxylation sites is 1. The molecule has 2 aromatic heterocycles. The Labute approximate surface area is 144 Å². The summed E-state index contributed by atoms with van der Waals surface area (Å²) in [6.45, 7) is 1.99. The Balaban J connectivity index is 1.40. The van der Waals surface area contributed by atoms with Crippen molar-refractivity contribution in [3.63, 3.8) is 0 Å². The average molecular weight is 337 g/mol. The van der Waals surface area contributed by atoms with Crippen LogP contribution < -0.4 is 16.3 Å². The van der Waals surface area contributed by atoms with E-state index in [0.29, 0.717) is 6.42 Å². The highest BCUT2D eigenvalue weighted by Gasteiger charge is 2.31. The fourth-order valence-corrected chi connectivity index (χ4v) is 3.11. The minimum Gasteiger partial charge on any atom is -0.468 e. The smallest absolute Gasteiger partial charge is 0.258 e. The number of carbonyl (C=O) groups is 1. The largest absolute Gasteiger partial charge is 0.468 e. The Bertz CT molecular complexity index is 913. The molecule has 0 radical (unpaired) electrons. The molecule has 0 spiro atoms. The lowest BCUT2D eigenvalue weighted by atomic mass is 10.1. The molecule has 7 heteroatoms. The quantitative estimate of drug-likeness (QED) is 0.433. The zero-order chi connectivity index (χ0) is 17.2. The summed E-state index contributed by atoms with van der Waals surface area (Å²) in [5, 5.41) is 5.20. The highest BCUT2D eigenvalue weighted by Crippen LogP contribution is 2.22. The molecule has 0 saturated carbocycles. The van der Waals surface area contributed by atoms with Gasteiger partial charge in [-0.15, -0.1) is 0 Å². The normalized spacial score (nSPS) is 20.5. The molecule has 7 nitrogen and oxygen atoms in total. The predicted octanol–water partition coefficient (Wildman–Crippen LogP) is 2.13. The number of aromatic amines is 1. The first kappa shape index (κ1) is 15.6. The van der Waals surface area contributed by atoms with Crippen LogP contribution in [-0.2, 0) is 4.79 Å². The van der Waals surface area contributed by atoms with Gasteiger partial charge in [-0.3, -0.25) is 4.79 Å². The number of hydrogen-bond acceptors (Lipinski definition) is 5. The van der Waals surface area contributed by atoms with Crippen LogP contribution in [0.25, 0.3) is 10.9 Å². The van der Waals surface area contributed by atoms with Crippen LogP contribution in [0.15, 0.2) is 52.2 Å². The minimum atomic E-state index is -0.365. The fourth-order valence-electron chi connectivity index (χ4n) is 3.11. The van der Waals surface area contributed by atoms with E-state index >= 15 is 0 Å². The Morgan fingerprint density at radius 3 is 3.00 bits per heavy atom. The Hall–Kier alpha value is -2.90. The number of nitrogens with one attached hydrogen (secondary N) is 4. The number of aromatic nitrogens is 1. The number of fused-ring (bicyclic) bond motifs is 1. The first-order valence-electron chi connectivity index (χ1n) is 8.17. The van der Waals surface area contributed by atoms with Crippen molar-refractivity contribution >= 4 is 23.0 Å². The summed E-state index contributed by atoms with van der Waals surface area (Å²) in [6.07, 6.45) is 3.90. The van der Waals surface area contributed by atoms with E-state index in [1.807, 2.05) is 43.3 Å². The molecule has 1 aliphatic heterocycles. The summed E-state index contributed by atoms with van der Waals surface area (Å²) < 4.78 is 5.36. The van der Waals surface area contributed by atoms with Gasteiger partial charge in [-0.1, -0.05) is 18.2 Å². The first-order chi connectivity index (χ1) is 12.2. The number of rotatable bonds is 4. The molecule has 2 atom stereocenters. The number of hydrogen-bond donors (Lipinski definition) is 4. The molecule has 25 heavy (non-hydrogen) atoms. The van der Waals surface area contributed by atoms with Crippen LogP contribution in [-0.4, -0.2) is 23.1 Å². The molecule has 4 N–H and O–H groups in total. The predicted molar refractivity (Wildman–Crippen MR) is 94.9 cm³/mol. The van der Waals surface area contributed by atoms with Crippen LogP contribution >= 0.6 is 0 Å². The number of furan rings is 1. The Morgan fingerprint density at radius 2 is 2.16 bits per heavy atom. The lowest BCUT2D eigenvalue weighted by molar-refractivity contribution is -0.122. The minimum absolute atomic E-state index is 0.0226. The number of hydrazone groups is 1. The van der Waals surface area contributed by atoms with Crippen molar-refractivity contribution in [2.24, 2.45) is 5.10 Å². The van der Waals surface area contributed by atoms with Crippen molar-refractivity contribution in [1.29, 1.82) is 0 Å². The van der Waals surface area contributed by atoms with Crippen LogP contribution in [0.4, 0.5) is 0 Å². The molecular formula is C18H19N5O2. The van der Waals surface area contributed by atoms with E-state index in [1.165, 1.54) is 0 Å². The van der Waals surface area contributed by atoms with E-state index in [1.54, 1.807) is 12.5 Å². The van der Waals surface area contributed by atoms with Gasteiger partial charge in [-0.05, 0) is 31.5 Å². The molecule has 1 amide bonds. The fraction of sp³-hybridized carbons (Fsp3) is 0.222. The van der Waals surface area contributed by atoms with Crippen molar-refractivity contribution in [2.45, 2.75) is 25.4 Å². The summed E-state index contributed by atoms with van der Waals surface area (Å²) in [4.78, 5) is 15.6. The molecule has 0 bridgehead atoms. The van der Waals surface area contributed by atoms with Gasteiger partial charge >= 0.3 is 0 Å². The van der Waals surface area contributed by atoms with E-state index in [9.17, 15) is 4.79 Å². The van der Waals surface area contributed by atoms with Crippen molar-refractivity contribution in [2.75, 3.05) is 0 Å². The monoisotopic (exact) mass is 337 g/mol. The average Bonchev–Trinajstić information content (AvgIpc) is 3.34. The second-order valence-corrected chi connectivity index (χ2v) is 6.09. The van der Waals surface area contributed by atoms with Gasteiger partial charge in [0.1, 0.15) is 11.8 Å². The van der Waals surface area contributed by atoms with Crippen LogP contribution in [0.1, 0.15) is 29.5 Å². The first-order valence-corrected chi connectivity index (χ1v) is 8.17. The topological polar surface area (TPSA) is 94.5 Å². The molecule has 4 rings (SSSR count). The van der Waals surface area contributed by atoms with E-state index in [4.69, 9.17) is 4.42 Å². The molecule has 2 unspecified atom stereocenters. The molecule has 1 fully saturated rings. The SMILES string of the molecule is Cc1[nH]c2ccccc2c1/C=N/NC(=O)C1CC(c2ccco2)NN1. The third kappa shape index (κ3) is 3.07. The third-order valence-corrected chi connectivity index (χ3v) is 4.42. The number of nitrogens with zero attached hydrogens (tertiary/aromatic N) is 1. The maximum atomic E-state index is 12.3. The van der Waals surface area contributed by atoms with Gasteiger partial charge in [-0.2, -0.15) is 5.10 Å². The number of aryl methyl sites for hydroxylation is 1. The van der Waals surface area contributed by atoms with Gasteiger partial charge in [-0.25, -0.2) is 16.3 Å². The number of amides is 1. The summed E-state index contributed by atoms with van der Waals surface area (Å²) in [6, 6.07) is 11.3. The zero-order valence-electron chi connectivity index (χ0n) is 13.7. The van der Waals surface area contributed by atoms with E-state index in [0.717, 1.165) is 27.9 Å². The molecule has 128 valence electrons. The van der Waals surface area contributed by atoms with Crippen molar-refractivity contribution in [3.05, 3.63) is 59.7 Å². The Kier molecular flexibility index (Phi) is 4.09. The van der Waals surface area contributed by atoms with Gasteiger partial charge in [0, 0.05) is 22.2 Å². The van der Waals surface area contributed by atoms with Gasteiger partial charge in [0.15, 0.2) is 0 Å². The summed E-state index contributed by atoms with van der Waals surface area (Å²) in [5.41, 5.74) is 11.7. The van der Waals surface area contributed by atoms with Crippen LogP contribution in [0.3, 0.4) is 0 Å². The second-order valence-electron chi connectivity index (χ2n) is 6.09. The zero-order valence-corrected chi connectivity index (χ0v) is 13.7. The molecule has 1 aromatic carbocycles. The van der Waals surface area contributed by atoms with Crippen molar-refractivity contribution in [3.8, 4) is 0 Å². The number of H-pyrrole nitrogens is 1. The van der Waals surface area contributed by atoms with Crippen molar-refractivity contribution < 1.29 is 9.21 Å². The van der Waals surface area contributed by atoms with Gasteiger partial charge in [0.25, 0.3) is 5.91 Å². The lowest BCUT2D eigenvalue weighted by Crippen LogP contribution is -2.41. The lowest BCUT2D eigenvalue weighted by Gasteiger charge is -2.06. The van der Waals surface area contributed by atoms with E-state index in [-0.39, 0.29) is 18.0 Å². The van der Waals surface area contributed by atoms with Gasteiger partial charge in [0.2, 0.25) is 0 Å². The summed E-state index contributed by atoms with van der Waals surface area (Å²) in [5.74, 6) is 0.621. The third-order valence-electron chi connectivity index (χ3n) is 4.42. The highest BCUT2D eigenvalue weighted by atomic mass is 16.3. The van der Waals surface area contributed by atoms with Gasteiger partial charge in [0.05, 0.1) is 18.5 Å². The molecule has 0 aliphatic carbocycles. The Morgan fingerprint density at radius 1 is 1.28 bits per heavy atom. The maximum absolute atomic E-state index is 12.3. The van der Waals surface area contributed by atoms with E-state index in [2.05, 4.69) is 26.4 Å². The standard InChI is InChI=1S/C18H19N5O2/c1-11-13(12-5-2-3-6-14(12)20-11)10-19-23-18(24)16-9-15(21-22-16)17-7-4-8-25-17/h2-8,10,15-16,20-22H,9H2,1H3,(H,23,24)/b19-10+. The molecule has 3 heterocycles. The van der Waals surface area contributed by atoms with Crippen LogP contribution in [0, 0.1) is 6.92 Å². The van der Waals surface area contributed by atoms with Gasteiger partial charge < -0.3 is 9.40 Å².